The van der Waals surface area contributed by atoms with Crippen molar-refractivity contribution in [2.45, 2.75) is 45.6 Å². The number of hydrogen-bond donors (Lipinski definition) is 2. The summed E-state index contributed by atoms with van der Waals surface area (Å²) >= 11 is 0. The first-order chi connectivity index (χ1) is 10.8. The Bertz CT molecular complexity index is 656. The largest absolute Gasteiger partial charge is 0.481 e. The molecular weight excluding hydrogens is 296 g/mol. The Kier molecular flexibility index (Phi) is 4.73. The number of urea groups is 1. The minimum atomic E-state index is -1.06. The molecule has 1 aliphatic heterocycles. The van der Waals surface area contributed by atoms with Crippen LogP contribution >= 0.6 is 0 Å². The fraction of sp³-hybridized carbons (Fsp3) is 0.471. The van der Waals surface area contributed by atoms with E-state index in [0.717, 1.165) is 21.6 Å². The molecule has 124 valence electrons. The first kappa shape index (κ1) is 17.0. The van der Waals surface area contributed by atoms with E-state index in [1.165, 1.54) is 0 Å². The molecule has 0 aliphatic carbocycles. The smallest absolute Gasteiger partial charge is 0.325 e. The Morgan fingerprint density at radius 3 is 2.52 bits per heavy atom. The second kappa shape index (κ2) is 6.40. The lowest BCUT2D eigenvalue weighted by Crippen LogP contribution is -2.43. The zero-order valence-electron chi connectivity index (χ0n) is 13.7. The molecule has 23 heavy (non-hydrogen) atoms. The highest BCUT2D eigenvalue weighted by Crippen LogP contribution is 2.33. The van der Waals surface area contributed by atoms with E-state index in [9.17, 15) is 14.4 Å². The van der Waals surface area contributed by atoms with Gasteiger partial charge >= 0.3 is 12.0 Å². The van der Waals surface area contributed by atoms with Crippen LogP contribution in [0.1, 0.15) is 42.9 Å². The van der Waals surface area contributed by atoms with Gasteiger partial charge < -0.3 is 10.4 Å². The summed E-state index contributed by atoms with van der Waals surface area (Å²) < 4.78 is 0. The summed E-state index contributed by atoms with van der Waals surface area (Å²) in [6.45, 7) is 5.93. The van der Waals surface area contributed by atoms with E-state index in [1.54, 1.807) is 0 Å². The summed E-state index contributed by atoms with van der Waals surface area (Å²) in [6.07, 6.45) is 0.622. The zero-order valence-corrected chi connectivity index (χ0v) is 13.7. The van der Waals surface area contributed by atoms with Gasteiger partial charge in [-0.1, -0.05) is 25.1 Å². The number of carboxylic acid groups (broad SMARTS) is 1. The number of aliphatic carboxylic acids is 1. The van der Waals surface area contributed by atoms with Gasteiger partial charge in [-0.3, -0.25) is 14.5 Å². The molecule has 1 aliphatic rings. The lowest BCUT2D eigenvalue weighted by molar-refractivity contribution is -0.138. The summed E-state index contributed by atoms with van der Waals surface area (Å²) in [4.78, 5) is 36.8. The fourth-order valence-electron chi connectivity index (χ4n) is 2.86. The number of carbonyl (C=O) groups is 3. The number of amides is 3. The average Bonchev–Trinajstić information content (AvgIpc) is 2.74. The molecule has 1 fully saturated rings. The maximum Gasteiger partial charge on any atom is 0.325 e. The highest BCUT2D eigenvalue weighted by Gasteiger charge is 2.50. The van der Waals surface area contributed by atoms with Crippen LogP contribution in [0.2, 0.25) is 0 Å². The Labute approximate surface area is 135 Å². The number of imide groups is 1. The molecule has 2 rings (SSSR count). The topological polar surface area (TPSA) is 86.7 Å². The molecule has 2 N–H and O–H groups in total. The molecule has 0 saturated carbocycles. The summed E-state index contributed by atoms with van der Waals surface area (Å²) in [6, 6.07) is 5.28. The van der Waals surface area contributed by atoms with Crippen LogP contribution in [0, 0.1) is 13.8 Å². The highest BCUT2D eigenvalue weighted by atomic mass is 16.4. The minimum Gasteiger partial charge on any atom is -0.481 e. The molecule has 1 unspecified atom stereocenters. The van der Waals surface area contributed by atoms with Crippen LogP contribution < -0.4 is 5.32 Å². The van der Waals surface area contributed by atoms with Gasteiger partial charge in [0, 0.05) is 13.0 Å². The van der Waals surface area contributed by atoms with E-state index in [4.69, 9.17) is 5.11 Å². The van der Waals surface area contributed by atoms with Crippen LogP contribution in [-0.2, 0) is 15.1 Å². The van der Waals surface area contributed by atoms with Gasteiger partial charge in [0.05, 0.1) is 0 Å². The zero-order chi connectivity index (χ0) is 17.2. The van der Waals surface area contributed by atoms with Crippen molar-refractivity contribution in [2.24, 2.45) is 0 Å². The molecule has 1 aromatic carbocycles. The second-order valence-corrected chi connectivity index (χ2v) is 5.94. The molecule has 6 heteroatoms. The monoisotopic (exact) mass is 318 g/mol. The summed E-state index contributed by atoms with van der Waals surface area (Å²) in [5.74, 6) is -1.24. The number of hydrogen-bond acceptors (Lipinski definition) is 3. The van der Waals surface area contributed by atoms with Crippen LogP contribution in [-0.4, -0.2) is 34.5 Å². The molecular formula is C17H22N2O4. The van der Waals surface area contributed by atoms with E-state index < -0.39 is 17.5 Å². The van der Waals surface area contributed by atoms with Gasteiger partial charge in [-0.2, -0.15) is 0 Å². The van der Waals surface area contributed by atoms with E-state index in [2.05, 4.69) is 5.32 Å². The van der Waals surface area contributed by atoms with Gasteiger partial charge in [0.2, 0.25) is 0 Å². The van der Waals surface area contributed by atoms with Crippen molar-refractivity contribution in [3.63, 3.8) is 0 Å². The van der Waals surface area contributed by atoms with Gasteiger partial charge in [-0.15, -0.1) is 0 Å². The van der Waals surface area contributed by atoms with Crippen molar-refractivity contribution in [2.75, 3.05) is 6.54 Å². The number of rotatable bonds is 6. The van der Waals surface area contributed by atoms with E-state index in [1.807, 2.05) is 39.0 Å². The average molecular weight is 318 g/mol. The van der Waals surface area contributed by atoms with Crippen LogP contribution in [0.3, 0.4) is 0 Å². The molecule has 1 heterocycles. The minimum absolute atomic E-state index is 0.0696. The van der Waals surface area contributed by atoms with Gasteiger partial charge in [-0.25, -0.2) is 4.79 Å². The lowest BCUT2D eigenvalue weighted by atomic mass is 9.85. The molecule has 0 bridgehead atoms. The molecule has 0 spiro atoms. The Balaban J connectivity index is 2.28. The van der Waals surface area contributed by atoms with Crippen LogP contribution in [0.15, 0.2) is 18.2 Å². The maximum absolute atomic E-state index is 12.8. The standard InChI is InChI=1S/C17H22N2O4/c1-4-17(13-8-7-11(2)12(3)10-13)15(22)19(16(23)18-17)9-5-6-14(20)21/h7-8,10H,4-6,9H2,1-3H3,(H,18,23)(H,20,21). The van der Waals surface area contributed by atoms with E-state index >= 15 is 0 Å². The number of carbonyl (C=O) groups excluding carboxylic acids is 2. The number of nitrogens with one attached hydrogen (secondary N) is 1. The third-order valence-electron chi connectivity index (χ3n) is 4.48. The van der Waals surface area contributed by atoms with Crippen molar-refractivity contribution in [3.8, 4) is 0 Å². The third kappa shape index (κ3) is 3.06. The predicted molar refractivity (Wildman–Crippen MR) is 85.0 cm³/mol. The quantitative estimate of drug-likeness (QED) is 0.788. The van der Waals surface area contributed by atoms with Crippen molar-refractivity contribution in [1.29, 1.82) is 0 Å². The predicted octanol–water partition coefficient (Wildman–Crippen LogP) is 2.33. The van der Waals surface area contributed by atoms with E-state index in [-0.39, 0.29) is 25.3 Å². The fourth-order valence-corrected chi connectivity index (χ4v) is 2.86. The molecule has 3 amide bonds. The number of aryl methyl sites for hydroxylation is 2. The Morgan fingerprint density at radius 2 is 1.96 bits per heavy atom. The summed E-state index contributed by atoms with van der Waals surface area (Å²) in [5, 5.41) is 11.5. The van der Waals surface area contributed by atoms with Crippen LogP contribution in [0.4, 0.5) is 4.79 Å². The SMILES string of the molecule is CCC1(c2ccc(C)c(C)c2)NC(=O)N(CCCC(=O)O)C1=O. The lowest BCUT2D eigenvalue weighted by Gasteiger charge is -2.26. The first-order valence-electron chi connectivity index (χ1n) is 7.75. The number of benzene rings is 1. The van der Waals surface area contributed by atoms with Crippen molar-refractivity contribution in [3.05, 3.63) is 34.9 Å². The molecule has 6 nitrogen and oxygen atoms in total. The van der Waals surface area contributed by atoms with Crippen molar-refractivity contribution >= 4 is 17.9 Å². The van der Waals surface area contributed by atoms with E-state index in [0.29, 0.717) is 6.42 Å². The van der Waals surface area contributed by atoms with Gasteiger partial charge in [0.1, 0.15) is 5.54 Å². The maximum atomic E-state index is 12.8. The number of carboxylic acids is 1. The van der Waals surface area contributed by atoms with Gasteiger partial charge in [0.15, 0.2) is 0 Å². The van der Waals surface area contributed by atoms with Crippen LogP contribution in [0.5, 0.6) is 0 Å². The van der Waals surface area contributed by atoms with Gasteiger partial charge in [0.25, 0.3) is 5.91 Å². The molecule has 0 aromatic heterocycles. The molecule has 1 saturated heterocycles. The Morgan fingerprint density at radius 1 is 1.26 bits per heavy atom. The summed E-state index contributed by atoms with van der Waals surface area (Å²) in [7, 11) is 0. The van der Waals surface area contributed by atoms with Crippen LogP contribution in [0.25, 0.3) is 0 Å². The number of nitrogens with zero attached hydrogens (tertiary/aromatic N) is 1. The van der Waals surface area contributed by atoms with Crippen molar-refractivity contribution < 1.29 is 19.5 Å². The molecule has 0 radical (unpaired) electrons. The molecule has 1 aromatic rings. The third-order valence-corrected chi connectivity index (χ3v) is 4.48. The van der Waals surface area contributed by atoms with Crippen molar-refractivity contribution in [1.82, 2.24) is 10.2 Å². The van der Waals surface area contributed by atoms with Gasteiger partial charge in [-0.05, 0) is 43.4 Å². The second-order valence-electron chi connectivity index (χ2n) is 5.94. The Hall–Kier alpha value is -2.37. The summed E-state index contributed by atoms with van der Waals surface area (Å²) in [5.41, 5.74) is 1.89. The highest BCUT2D eigenvalue weighted by molar-refractivity contribution is 6.07. The normalized spacial score (nSPS) is 20.7. The molecule has 1 atom stereocenters. The first-order valence-corrected chi connectivity index (χ1v) is 7.75.